The molecule has 0 aliphatic heterocycles. The topological polar surface area (TPSA) is 49.8 Å². The van der Waals surface area contributed by atoms with Gasteiger partial charge in [0.05, 0.1) is 13.0 Å². The molecule has 20 heavy (non-hydrogen) atoms. The summed E-state index contributed by atoms with van der Waals surface area (Å²) < 4.78 is 5.69. The predicted molar refractivity (Wildman–Crippen MR) is 78.0 cm³/mol. The van der Waals surface area contributed by atoms with Gasteiger partial charge in [0.2, 0.25) is 0 Å². The number of rotatable bonds is 8. The molecule has 1 unspecified atom stereocenters. The summed E-state index contributed by atoms with van der Waals surface area (Å²) in [5, 5.41) is 8.90. The largest absolute Gasteiger partial charge is 0.494 e. The number of carboxylic acid groups (broad SMARTS) is 1. The zero-order valence-electron chi connectivity index (χ0n) is 12.2. The number of nitrogens with zero attached hydrogens (tertiary/aromatic N) is 1. The molecule has 1 aromatic rings. The highest BCUT2D eigenvalue weighted by Crippen LogP contribution is 2.37. The molecule has 1 saturated carbocycles. The maximum atomic E-state index is 10.8. The van der Waals surface area contributed by atoms with Crippen LogP contribution in [0, 0.1) is 0 Å². The van der Waals surface area contributed by atoms with E-state index < -0.39 is 5.97 Å². The summed E-state index contributed by atoms with van der Waals surface area (Å²) in [5.41, 5.74) is 1.15. The first kappa shape index (κ1) is 14.9. The van der Waals surface area contributed by atoms with Crippen molar-refractivity contribution in [3.05, 3.63) is 29.8 Å². The molecule has 1 aliphatic rings. The van der Waals surface area contributed by atoms with Crippen LogP contribution in [0.25, 0.3) is 0 Å². The third-order valence-electron chi connectivity index (χ3n) is 3.77. The van der Waals surface area contributed by atoms with Crippen molar-refractivity contribution in [3.8, 4) is 5.75 Å². The van der Waals surface area contributed by atoms with Gasteiger partial charge < -0.3 is 9.84 Å². The van der Waals surface area contributed by atoms with E-state index in [2.05, 4.69) is 17.9 Å². The van der Waals surface area contributed by atoms with Crippen LogP contribution in [0.2, 0.25) is 0 Å². The van der Waals surface area contributed by atoms with Gasteiger partial charge >= 0.3 is 5.97 Å². The minimum Gasteiger partial charge on any atom is -0.494 e. The maximum absolute atomic E-state index is 10.8. The molecule has 4 heteroatoms. The van der Waals surface area contributed by atoms with Gasteiger partial charge in [0.15, 0.2) is 0 Å². The molecule has 110 valence electrons. The summed E-state index contributed by atoms with van der Waals surface area (Å²) in [6, 6.07) is 8.75. The van der Waals surface area contributed by atoms with Crippen molar-refractivity contribution in [2.45, 2.75) is 45.2 Å². The fraction of sp³-hybridized carbons (Fsp3) is 0.562. The SMILES string of the molecule is CCOc1ccccc1C(C)N(CCC(=O)O)C1CC1. The summed E-state index contributed by atoms with van der Waals surface area (Å²) >= 11 is 0. The Labute approximate surface area is 120 Å². The monoisotopic (exact) mass is 277 g/mol. The molecule has 0 saturated heterocycles. The minimum absolute atomic E-state index is 0.185. The first-order valence-electron chi connectivity index (χ1n) is 7.32. The van der Waals surface area contributed by atoms with E-state index in [0.717, 1.165) is 11.3 Å². The molecule has 1 N–H and O–H groups in total. The lowest BCUT2D eigenvalue weighted by atomic mass is 10.0. The molecule has 0 radical (unpaired) electrons. The van der Waals surface area contributed by atoms with Gasteiger partial charge in [-0.2, -0.15) is 0 Å². The van der Waals surface area contributed by atoms with E-state index in [1.807, 2.05) is 25.1 Å². The average molecular weight is 277 g/mol. The molecule has 0 aromatic heterocycles. The Morgan fingerprint density at radius 3 is 2.75 bits per heavy atom. The molecule has 0 heterocycles. The summed E-state index contributed by atoms with van der Waals surface area (Å²) in [6.07, 6.45) is 2.53. The summed E-state index contributed by atoms with van der Waals surface area (Å²) in [6.45, 7) is 5.35. The van der Waals surface area contributed by atoms with Crippen LogP contribution in [-0.2, 0) is 4.79 Å². The van der Waals surface area contributed by atoms with Crippen LogP contribution in [0.3, 0.4) is 0 Å². The summed E-state index contributed by atoms with van der Waals surface area (Å²) in [5.74, 6) is 0.171. The molecule has 1 aromatic carbocycles. The van der Waals surface area contributed by atoms with Crippen LogP contribution >= 0.6 is 0 Å². The average Bonchev–Trinajstić information content (AvgIpc) is 3.24. The number of benzene rings is 1. The molecule has 2 rings (SSSR count). The van der Waals surface area contributed by atoms with Gasteiger partial charge in [0.1, 0.15) is 5.75 Å². The van der Waals surface area contributed by atoms with Gasteiger partial charge in [-0.15, -0.1) is 0 Å². The number of aliphatic carboxylic acids is 1. The second-order valence-corrected chi connectivity index (χ2v) is 5.26. The Kier molecular flexibility index (Phi) is 5.01. The van der Waals surface area contributed by atoms with Crippen LogP contribution in [-0.4, -0.2) is 35.2 Å². The molecule has 0 amide bonds. The van der Waals surface area contributed by atoms with Crippen LogP contribution in [0.4, 0.5) is 0 Å². The Morgan fingerprint density at radius 2 is 2.15 bits per heavy atom. The van der Waals surface area contributed by atoms with Crippen molar-refractivity contribution in [1.29, 1.82) is 0 Å². The van der Waals surface area contributed by atoms with Crippen LogP contribution in [0.1, 0.15) is 44.7 Å². The van der Waals surface area contributed by atoms with Gasteiger partial charge in [-0.1, -0.05) is 18.2 Å². The molecule has 0 bridgehead atoms. The molecule has 1 fully saturated rings. The summed E-state index contributed by atoms with van der Waals surface area (Å²) in [4.78, 5) is 13.1. The Balaban J connectivity index is 2.14. The summed E-state index contributed by atoms with van der Waals surface area (Å²) in [7, 11) is 0. The quantitative estimate of drug-likeness (QED) is 0.793. The van der Waals surface area contributed by atoms with E-state index in [9.17, 15) is 4.79 Å². The molecule has 1 atom stereocenters. The minimum atomic E-state index is -0.735. The number of carbonyl (C=O) groups is 1. The smallest absolute Gasteiger partial charge is 0.304 e. The number of hydrogen-bond acceptors (Lipinski definition) is 3. The van der Waals surface area contributed by atoms with Crippen molar-refractivity contribution < 1.29 is 14.6 Å². The second-order valence-electron chi connectivity index (χ2n) is 5.26. The standard InChI is InChI=1S/C16H23NO3/c1-3-20-15-7-5-4-6-14(15)12(2)17(13-8-9-13)11-10-16(18)19/h4-7,12-13H,3,8-11H2,1-2H3,(H,18,19). The molecule has 1 aliphatic carbocycles. The fourth-order valence-electron chi connectivity index (χ4n) is 2.61. The van der Waals surface area contributed by atoms with Crippen molar-refractivity contribution >= 4 is 5.97 Å². The highest BCUT2D eigenvalue weighted by molar-refractivity contribution is 5.66. The van der Waals surface area contributed by atoms with Crippen molar-refractivity contribution in [1.82, 2.24) is 4.90 Å². The normalized spacial score (nSPS) is 16.1. The van der Waals surface area contributed by atoms with E-state index in [1.54, 1.807) is 0 Å². The lowest BCUT2D eigenvalue weighted by molar-refractivity contribution is -0.137. The third-order valence-corrected chi connectivity index (χ3v) is 3.77. The first-order valence-corrected chi connectivity index (χ1v) is 7.32. The molecular weight excluding hydrogens is 254 g/mol. The van der Waals surface area contributed by atoms with E-state index in [4.69, 9.17) is 9.84 Å². The number of ether oxygens (including phenoxy) is 1. The van der Waals surface area contributed by atoms with Crippen molar-refractivity contribution in [3.63, 3.8) is 0 Å². The van der Waals surface area contributed by atoms with Crippen molar-refractivity contribution in [2.24, 2.45) is 0 Å². The predicted octanol–water partition coefficient (Wildman–Crippen LogP) is 3.09. The Morgan fingerprint density at radius 1 is 1.45 bits per heavy atom. The van der Waals surface area contributed by atoms with E-state index in [0.29, 0.717) is 19.2 Å². The molecule has 0 spiro atoms. The van der Waals surface area contributed by atoms with Crippen LogP contribution < -0.4 is 4.74 Å². The van der Waals surface area contributed by atoms with Crippen LogP contribution in [0.5, 0.6) is 5.75 Å². The first-order chi connectivity index (χ1) is 9.63. The van der Waals surface area contributed by atoms with Gasteiger partial charge in [0.25, 0.3) is 0 Å². The van der Waals surface area contributed by atoms with Crippen molar-refractivity contribution in [2.75, 3.05) is 13.2 Å². The lowest BCUT2D eigenvalue weighted by Gasteiger charge is -2.30. The third kappa shape index (κ3) is 3.73. The van der Waals surface area contributed by atoms with Gasteiger partial charge in [-0.25, -0.2) is 0 Å². The Hall–Kier alpha value is -1.55. The fourth-order valence-corrected chi connectivity index (χ4v) is 2.61. The highest BCUT2D eigenvalue weighted by Gasteiger charge is 2.33. The number of para-hydroxylation sites is 1. The molecule has 4 nitrogen and oxygen atoms in total. The zero-order valence-corrected chi connectivity index (χ0v) is 12.2. The van der Waals surface area contributed by atoms with E-state index >= 15 is 0 Å². The van der Waals surface area contributed by atoms with Crippen LogP contribution in [0.15, 0.2) is 24.3 Å². The Bertz CT molecular complexity index is 457. The highest BCUT2D eigenvalue weighted by atomic mass is 16.5. The second kappa shape index (κ2) is 6.75. The maximum Gasteiger partial charge on any atom is 0.304 e. The van der Waals surface area contributed by atoms with E-state index in [1.165, 1.54) is 12.8 Å². The zero-order chi connectivity index (χ0) is 14.5. The van der Waals surface area contributed by atoms with Gasteiger partial charge in [-0.05, 0) is 32.8 Å². The van der Waals surface area contributed by atoms with Gasteiger partial charge in [-0.3, -0.25) is 9.69 Å². The molecular formula is C16H23NO3. The van der Waals surface area contributed by atoms with Gasteiger partial charge in [0, 0.05) is 24.2 Å². The lowest BCUT2D eigenvalue weighted by Crippen LogP contribution is -2.31. The van der Waals surface area contributed by atoms with E-state index in [-0.39, 0.29) is 12.5 Å². The number of carboxylic acids is 1. The number of hydrogen-bond donors (Lipinski definition) is 1.